The maximum Gasteiger partial charge on any atom is 0.292 e. The first-order valence-corrected chi connectivity index (χ1v) is 9.43. The van der Waals surface area contributed by atoms with Crippen LogP contribution in [0.25, 0.3) is 11.3 Å². The average Bonchev–Trinajstić information content (AvgIpc) is 3.09. The molecule has 4 rings (SSSR count). The first kappa shape index (κ1) is 18.5. The smallest absolute Gasteiger partial charge is 0.292 e. The zero-order chi connectivity index (χ0) is 19.7. The van der Waals surface area contributed by atoms with Crippen LogP contribution >= 0.6 is 11.6 Å². The lowest BCUT2D eigenvalue weighted by atomic mass is 10.1. The summed E-state index contributed by atoms with van der Waals surface area (Å²) in [5.74, 6) is -0.293. The van der Waals surface area contributed by atoms with Crippen molar-refractivity contribution in [3.8, 4) is 11.3 Å². The van der Waals surface area contributed by atoms with E-state index in [4.69, 9.17) is 16.0 Å². The van der Waals surface area contributed by atoms with Gasteiger partial charge in [-0.1, -0.05) is 29.8 Å². The third-order valence-corrected chi connectivity index (χ3v) is 5.03. The van der Waals surface area contributed by atoms with E-state index in [0.717, 1.165) is 5.69 Å². The first-order valence-electron chi connectivity index (χ1n) is 9.05. The monoisotopic (exact) mass is 399 g/mol. The molecule has 0 unspecified atom stereocenters. The van der Waals surface area contributed by atoms with Gasteiger partial charge in [-0.05, 0) is 30.3 Å². The summed E-state index contributed by atoms with van der Waals surface area (Å²) in [5.41, 5.74) is 1.54. The molecule has 1 aliphatic rings. The number of piperazine rings is 1. The number of carbonyl (C=O) groups excluding carboxylic acids is 1. The highest BCUT2D eigenvalue weighted by Gasteiger charge is 2.29. The summed E-state index contributed by atoms with van der Waals surface area (Å²) in [6.07, 6.45) is 0. The Bertz CT molecular complexity index is 1010. The highest BCUT2D eigenvalue weighted by Crippen LogP contribution is 2.28. The second kappa shape index (κ2) is 7.64. The molecule has 5 nitrogen and oxygen atoms in total. The van der Waals surface area contributed by atoms with Crippen molar-refractivity contribution in [2.24, 2.45) is 0 Å². The van der Waals surface area contributed by atoms with E-state index in [2.05, 4.69) is 9.88 Å². The number of carbonyl (C=O) groups is 1. The number of aromatic nitrogens is 1. The quantitative estimate of drug-likeness (QED) is 0.654. The van der Waals surface area contributed by atoms with Crippen LogP contribution in [0.2, 0.25) is 5.02 Å². The van der Waals surface area contributed by atoms with Gasteiger partial charge in [0.2, 0.25) is 5.76 Å². The second-order valence-corrected chi connectivity index (χ2v) is 7.09. The average molecular weight is 400 g/mol. The Labute approximate surface area is 167 Å². The predicted molar refractivity (Wildman–Crippen MR) is 106 cm³/mol. The molecular weight excluding hydrogens is 381 g/mol. The van der Waals surface area contributed by atoms with E-state index >= 15 is 0 Å². The third kappa shape index (κ3) is 3.60. The van der Waals surface area contributed by atoms with Gasteiger partial charge in [0.05, 0.1) is 0 Å². The van der Waals surface area contributed by atoms with Gasteiger partial charge in [0, 0.05) is 49.4 Å². The first-order chi connectivity index (χ1) is 13.5. The number of rotatable bonds is 3. The van der Waals surface area contributed by atoms with E-state index in [0.29, 0.717) is 37.1 Å². The van der Waals surface area contributed by atoms with Gasteiger partial charge in [0.1, 0.15) is 11.5 Å². The molecule has 0 bridgehead atoms. The topological polar surface area (TPSA) is 49.6 Å². The van der Waals surface area contributed by atoms with Gasteiger partial charge in [-0.15, -0.1) is 0 Å². The molecule has 0 saturated carbocycles. The van der Waals surface area contributed by atoms with Crippen LogP contribution in [-0.2, 0) is 0 Å². The molecule has 1 fully saturated rings. The lowest BCUT2D eigenvalue weighted by molar-refractivity contribution is 0.0714. The summed E-state index contributed by atoms with van der Waals surface area (Å²) in [5, 5.41) is 0.683. The third-order valence-electron chi connectivity index (χ3n) is 4.80. The Morgan fingerprint density at radius 2 is 1.86 bits per heavy atom. The van der Waals surface area contributed by atoms with Crippen LogP contribution in [-0.4, -0.2) is 42.0 Å². The standard InChI is InChI=1S/C21H19ClFN3O2/c1-14-24-19(17-7-2-3-8-18(17)23)20(28-14)21(27)26-11-9-25(10-12-26)16-6-4-5-15(22)13-16/h2-8,13H,9-12H2,1H3. The number of hydrogen-bond acceptors (Lipinski definition) is 4. The van der Waals surface area contributed by atoms with Gasteiger partial charge in [0.25, 0.3) is 5.91 Å². The molecule has 2 aromatic carbocycles. The highest BCUT2D eigenvalue weighted by atomic mass is 35.5. The number of hydrogen-bond donors (Lipinski definition) is 0. The number of amides is 1. The van der Waals surface area contributed by atoms with E-state index in [1.54, 1.807) is 30.0 Å². The number of nitrogens with zero attached hydrogens (tertiary/aromatic N) is 3. The normalized spacial score (nSPS) is 14.4. The van der Waals surface area contributed by atoms with Crippen molar-refractivity contribution < 1.29 is 13.6 Å². The minimum absolute atomic E-state index is 0.0822. The molecule has 0 N–H and O–H groups in total. The van der Waals surface area contributed by atoms with Gasteiger partial charge in [0.15, 0.2) is 5.89 Å². The fourth-order valence-corrected chi connectivity index (χ4v) is 3.58. The summed E-state index contributed by atoms with van der Waals surface area (Å²) in [7, 11) is 0. The Kier molecular flexibility index (Phi) is 5.05. The van der Waals surface area contributed by atoms with Crippen LogP contribution in [0.5, 0.6) is 0 Å². The number of aryl methyl sites for hydroxylation is 1. The van der Waals surface area contributed by atoms with Gasteiger partial charge >= 0.3 is 0 Å². The van der Waals surface area contributed by atoms with Crippen molar-refractivity contribution in [2.45, 2.75) is 6.92 Å². The molecule has 1 saturated heterocycles. The molecule has 1 amide bonds. The van der Waals surface area contributed by atoms with Crippen LogP contribution < -0.4 is 4.90 Å². The molecule has 1 aromatic heterocycles. The molecule has 0 spiro atoms. The summed E-state index contributed by atoms with van der Waals surface area (Å²) in [6.45, 7) is 4.06. The lowest BCUT2D eigenvalue weighted by Crippen LogP contribution is -2.48. The van der Waals surface area contributed by atoms with E-state index in [1.165, 1.54) is 6.07 Å². The molecule has 3 aromatic rings. The van der Waals surface area contributed by atoms with Crippen LogP contribution in [0.1, 0.15) is 16.4 Å². The second-order valence-electron chi connectivity index (χ2n) is 6.65. The zero-order valence-corrected chi connectivity index (χ0v) is 16.1. The fourth-order valence-electron chi connectivity index (χ4n) is 3.39. The maximum atomic E-state index is 14.2. The van der Waals surface area contributed by atoms with Crippen molar-refractivity contribution >= 4 is 23.2 Å². The molecule has 0 radical (unpaired) electrons. The van der Waals surface area contributed by atoms with E-state index in [-0.39, 0.29) is 22.9 Å². The Morgan fingerprint density at radius 3 is 2.57 bits per heavy atom. The van der Waals surface area contributed by atoms with Gasteiger partial charge in [-0.25, -0.2) is 9.37 Å². The molecule has 0 aliphatic carbocycles. The van der Waals surface area contributed by atoms with Crippen LogP contribution in [0, 0.1) is 12.7 Å². The Balaban J connectivity index is 1.53. The van der Waals surface area contributed by atoms with Gasteiger partial charge in [-0.3, -0.25) is 4.79 Å². The summed E-state index contributed by atoms with van der Waals surface area (Å²) in [4.78, 5) is 21.2. The van der Waals surface area contributed by atoms with Crippen LogP contribution in [0.4, 0.5) is 10.1 Å². The largest absolute Gasteiger partial charge is 0.435 e. The molecule has 144 valence electrons. The predicted octanol–water partition coefficient (Wildman–Crippen LogP) is 4.40. The van der Waals surface area contributed by atoms with E-state index in [9.17, 15) is 9.18 Å². The summed E-state index contributed by atoms with van der Waals surface area (Å²) >= 11 is 6.07. The zero-order valence-electron chi connectivity index (χ0n) is 15.4. The molecule has 0 atom stereocenters. The van der Waals surface area contributed by atoms with Crippen LogP contribution in [0.15, 0.2) is 52.9 Å². The van der Waals surface area contributed by atoms with Gasteiger partial charge in [-0.2, -0.15) is 0 Å². The van der Waals surface area contributed by atoms with Gasteiger partial charge < -0.3 is 14.2 Å². The number of benzene rings is 2. The highest BCUT2D eigenvalue weighted by molar-refractivity contribution is 6.30. The lowest BCUT2D eigenvalue weighted by Gasteiger charge is -2.35. The molecular formula is C21H19ClFN3O2. The number of halogens is 2. The van der Waals surface area contributed by atoms with E-state index < -0.39 is 5.82 Å². The van der Waals surface area contributed by atoms with Crippen LogP contribution in [0.3, 0.4) is 0 Å². The van der Waals surface area contributed by atoms with E-state index in [1.807, 2.05) is 24.3 Å². The maximum absolute atomic E-state index is 14.2. The van der Waals surface area contributed by atoms with Crippen molar-refractivity contribution in [1.29, 1.82) is 0 Å². The summed E-state index contributed by atoms with van der Waals surface area (Å²) < 4.78 is 19.8. The summed E-state index contributed by atoms with van der Waals surface area (Å²) in [6, 6.07) is 13.9. The SMILES string of the molecule is Cc1nc(-c2ccccc2F)c(C(=O)N2CCN(c3cccc(Cl)c3)CC2)o1. The molecule has 28 heavy (non-hydrogen) atoms. The Hall–Kier alpha value is -2.86. The minimum Gasteiger partial charge on any atom is -0.435 e. The Morgan fingerprint density at radius 1 is 1.11 bits per heavy atom. The molecule has 7 heteroatoms. The number of oxazole rings is 1. The van der Waals surface area contributed by atoms with Crippen molar-refractivity contribution in [3.05, 3.63) is 71.0 Å². The van der Waals surface area contributed by atoms with Crippen molar-refractivity contribution in [2.75, 3.05) is 31.1 Å². The fraction of sp³-hybridized carbons (Fsp3) is 0.238. The molecule has 1 aliphatic heterocycles. The molecule has 2 heterocycles. The van der Waals surface area contributed by atoms with Crippen molar-refractivity contribution in [1.82, 2.24) is 9.88 Å². The number of anilines is 1. The minimum atomic E-state index is -0.435. The van der Waals surface area contributed by atoms with Crippen molar-refractivity contribution in [3.63, 3.8) is 0 Å².